The van der Waals surface area contributed by atoms with Crippen LogP contribution in [-0.4, -0.2) is 34.6 Å². The number of hydrogen-bond acceptors (Lipinski definition) is 2. The molecule has 0 unspecified atom stereocenters. The molecule has 0 aliphatic carbocycles. The second kappa shape index (κ2) is 5.15. The Balaban J connectivity index is 4.86. The molecule has 0 aliphatic heterocycles. The van der Waals surface area contributed by atoms with Crippen molar-refractivity contribution in [3.63, 3.8) is 0 Å². The van der Waals surface area contributed by atoms with E-state index in [0.29, 0.717) is 25.1 Å². The molecule has 0 rings (SSSR count). The average Bonchev–Trinajstić information content (AvgIpc) is 2.17. The van der Waals surface area contributed by atoms with Crippen LogP contribution < -0.4 is 0 Å². The van der Waals surface area contributed by atoms with Crippen molar-refractivity contribution in [1.82, 2.24) is 4.90 Å². The lowest BCUT2D eigenvalue weighted by Crippen LogP contribution is -2.49. The van der Waals surface area contributed by atoms with Crippen LogP contribution in [0.5, 0.6) is 0 Å². The summed E-state index contributed by atoms with van der Waals surface area (Å²) in [6.45, 7) is 12.2. The van der Waals surface area contributed by atoms with Crippen LogP contribution in [0.1, 0.15) is 34.1 Å². The highest BCUT2D eigenvalue weighted by molar-refractivity contribution is 5.88. The van der Waals surface area contributed by atoms with E-state index in [-0.39, 0.29) is 5.91 Å². The highest BCUT2D eigenvalue weighted by Crippen LogP contribution is 2.21. The zero-order valence-corrected chi connectivity index (χ0v) is 9.63. The second-order valence-corrected chi connectivity index (χ2v) is 3.47. The summed E-state index contributed by atoms with van der Waals surface area (Å²) in [4.78, 5) is 13.5. The highest BCUT2D eigenvalue weighted by atomic mass is 16.3. The number of aliphatic hydroxyl groups is 1. The molecule has 0 saturated carbocycles. The summed E-state index contributed by atoms with van der Waals surface area (Å²) in [5.74, 6) is -0.238. The topological polar surface area (TPSA) is 40.5 Å². The third-order valence-corrected chi connectivity index (χ3v) is 2.62. The third-order valence-electron chi connectivity index (χ3n) is 2.62. The van der Waals surface area contributed by atoms with Crippen molar-refractivity contribution in [2.75, 3.05) is 13.1 Å². The Kier molecular flexibility index (Phi) is 4.85. The van der Waals surface area contributed by atoms with Gasteiger partial charge in [0.05, 0.1) is 0 Å². The maximum atomic E-state index is 11.9. The number of hydrogen-bond donors (Lipinski definition) is 1. The predicted octanol–water partition coefficient (Wildman–Crippen LogP) is 1.57. The molecule has 1 amide bonds. The largest absolute Gasteiger partial charge is 0.376 e. The number of carbonyl (C=O) groups is 1. The number of nitrogens with zero attached hydrogens (tertiary/aromatic N) is 1. The summed E-state index contributed by atoms with van der Waals surface area (Å²) < 4.78 is 0. The van der Waals surface area contributed by atoms with Crippen molar-refractivity contribution < 1.29 is 9.90 Å². The van der Waals surface area contributed by atoms with E-state index in [4.69, 9.17) is 0 Å². The molecule has 0 aromatic carbocycles. The van der Waals surface area contributed by atoms with E-state index < -0.39 is 5.60 Å². The maximum absolute atomic E-state index is 11.9. The first-order valence-electron chi connectivity index (χ1n) is 5.11. The van der Waals surface area contributed by atoms with Gasteiger partial charge in [0.2, 0.25) is 0 Å². The summed E-state index contributed by atoms with van der Waals surface area (Å²) in [6, 6.07) is 0. The molecule has 0 saturated heterocycles. The van der Waals surface area contributed by atoms with Gasteiger partial charge in [-0.05, 0) is 32.8 Å². The summed E-state index contributed by atoms with van der Waals surface area (Å²) in [5.41, 5.74) is -0.872. The monoisotopic (exact) mass is 199 g/mol. The van der Waals surface area contributed by atoms with Crippen LogP contribution in [-0.2, 0) is 4.79 Å². The summed E-state index contributed by atoms with van der Waals surface area (Å²) >= 11 is 0. The van der Waals surface area contributed by atoms with Crippen molar-refractivity contribution in [3.05, 3.63) is 12.2 Å². The van der Waals surface area contributed by atoms with E-state index in [1.54, 1.807) is 18.7 Å². The number of rotatable bonds is 5. The predicted molar refractivity (Wildman–Crippen MR) is 58.0 cm³/mol. The smallest absolute Gasteiger partial charge is 0.258 e. The lowest BCUT2D eigenvalue weighted by Gasteiger charge is -2.31. The first-order valence-corrected chi connectivity index (χ1v) is 5.11. The van der Waals surface area contributed by atoms with Crippen LogP contribution in [0.3, 0.4) is 0 Å². The fraction of sp³-hybridized carbons (Fsp3) is 0.727. The minimum absolute atomic E-state index is 0.238. The van der Waals surface area contributed by atoms with Crippen molar-refractivity contribution in [1.29, 1.82) is 0 Å². The van der Waals surface area contributed by atoms with Gasteiger partial charge in [0.1, 0.15) is 0 Å². The van der Waals surface area contributed by atoms with Gasteiger partial charge in [-0.15, -0.1) is 0 Å². The Morgan fingerprint density at radius 3 is 2.00 bits per heavy atom. The van der Waals surface area contributed by atoms with Gasteiger partial charge in [-0.25, -0.2) is 0 Å². The van der Waals surface area contributed by atoms with Gasteiger partial charge in [-0.2, -0.15) is 0 Å². The van der Waals surface area contributed by atoms with Gasteiger partial charge in [0.15, 0.2) is 5.60 Å². The van der Waals surface area contributed by atoms with E-state index in [9.17, 15) is 9.90 Å². The Hall–Kier alpha value is -0.830. The van der Waals surface area contributed by atoms with Crippen LogP contribution in [0, 0.1) is 0 Å². The van der Waals surface area contributed by atoms with Crippen molar-refractivity contribution in [3.8, 4) is 0 Å². The minimum atomic E-state index is -1.38. The Labute approximate surface area is 86.4 Å². The molecule has 3 heteroatoms. The van der Waals surface area contributed by atoms with Gasteiger partial charge < -0.3 is 10.0 Å². The van der Waals surface area contributed by atoms with E-state index in [1.807, 2.05) is 13.8 Å². The molecule has 1 atom stereocenters. The molecule has 0 spiro atoms. The molecule has 0 aliphatic rings. The lowest BCUT2D eigenvalue weighted by atomic mass is 9.91. The van der Waals surface area contributed by atoms with Crippen molar-refractivity contribution in [2.45, 2.75) is 39.7 Å². The number of amides is 1. The molecule has 3 nitrogen and oxygen atoms in total. The highest BCUT2D eigenvalue weighted by Gasteiger charge is 2.37. The molecule has 0 radical (unpaired) electrons. The quantitative estimate of drug-likeness (QED) is 0.683. The maximum Gasteiger partial charge on any atom is 0.258 e. The van der Waals surface area contributed by atoms with Gasteiger partial charge in [-0.3, -0.25) is 4.79 Å². The molecular formula is C11H21NO2. The summed E-state index contributed by atoms with van der Waals surface area (Å²) in [5, 5.41) is 10.1. The molecule has 14 heavy (non-hydrogen) atoms. The third kappa shape index (κ3) is 2.35. The van der Waals surface area contributed by atoms with Crippen LogP contribution in [0.4, 0.5) is 0 Å². The van der Waals surface area contributed by atoms with E-state index in [0.717, 1.165) is 0 Å². The molecule has 0 aromatic heterocycles. The summed E-state index contributed by atoms with van der Waals surface area (Å²) in [6.07, 6.45) is 0.373. The normalized spacial score (nSPS) is 14.6. The molecule has 0 heterocycles. The molecule has 82 valence electrons. The zero-order valence-electron chi connectivity index (χ0n) is 9.63. The standard InChI is InChI=1S/C11H21NO2/c1-6-11(14,9(4)5)10(13)12(7-2)8-3/h14H,4,6-8H2,1-3,5H3/t11-/m0/s1. The molecule has 0 bridgehead atoms. The van der Waals surface area contributed by atoms with Crippen LogP contribution in [0.25, 0.3) is 0 Å². The molecule has 1 N–H and O–H groups in total. The average molecular weight is 199 g/mol. The van der Waals surface area contributed by atoms with Gasteiger partial charge in [-0.1, -0.05) is 13.5 Å². The van der Waals surface area contributed by atoms with E-state index in [1.165, 1.54) is 0 Å². The van der Waals surface area contributed by atoms with Crippen molar-refractivity contribution in [2.24, 2.45) is 0 Å². The van der Waals surface area contributed by atoms with Gasteiger partial charge in [0.25, 0.3) is 5.91 Å². The van der Waals surface area contributed by atoms with Crippen LogP contribution in [0.15, 0.2) is 12.2 Å². The fourth-order valence-electron chi connectivity index (χ4n) is 1.41. The van der Waals surface area contributed by atoms with Crippen LogP contribution >= 0.6 is 0 Å². The fourth-order valence-corrected chi connectivity index (χ4v) is 1.41. The summed E-state index contributed by atoms with van der Waals surface area (Å²) in [7, 11) is 0. The van der Waals surface area contributed by atoms with E-state index >= 15 is 0 Å². The number of likely N-dealkylation sites (N-methyl/N-ethyl adjacent to an activating group) is 1. The minimum Gasteiger partial charge on any atom is -0.376 e. The van der Waals surface area contributed by atoms with E-state index in [2.05, 4.69) is 6.58 Å². The van der Waals surface area contributed by atoms with Crippen molar-refractivity contribution >= 4 is 5.91 Å². The molecule has 0 fully saturated rings. The zero-order chi connectivity index (χ0) is 11.4. The molecular weight excluding hydrogens is 178 g/mol. The van der Waals surface area contributed by atoms with Crippen LogP contribution in [0.2, 0.25) is 0 Å². The first kappa shape index (κ1) is 13.2. The Bertz CT molecular complexity index is 221. The Morgan fingerprint density at radius 1 is 1.36 bits per heavy atom. The molecule has 0 aromatic rings. The lowest BCUT2D eigenvalue weighted by molar-refractivity contribution is -0.147. The first-order chi connectivity index (χ1) is 6.43. The second-order valence-electron chi connectivity index (χ2n) is 3.47. The SMILES string of the molecule is C=C(C)[C@@](O)(CC)C(=O)N(CC)CC. The Morgan fingerprint density at radius 2 is 1.79 bits per heavy atom. The van der Waals surface area contributed by atoms with Gasteiger partial charge >= 0.3 is 0 Å². The number of carbonyl (C=O) groups excluding carboxylic acids is 1. The van der Waals surface area contributed by atoms with Gasteiger partial charge in [0, 0.05) is 13.1 Å².